The van der Waals surface area contributed by atoms with Gasteiger partial charge in [-0.25, -0.2) is 4.39 Å². The van der Waals surface area contributed by atoms with Gasteiger partial charge < -0.3 is 9.63 Å². The van der Waals surface area contributed by atoms with Gasteiger partial charge in [0, 0.05) is 12.5 Å². The molecule has 0 aliphatic rings. The highest BCUT2D eigenvalue weighted by Gasteiger charge is 2.13. The van der Waals surface area contributed by atoms with Crippen molar-refractivity contribution in [1.82, 2.24) is 10.1 Å². The van der Waals surface area contributed by atoms with E-state index in [0.717, 1.165) is 17.2 Å². The van der Waals surface area contributed by atoms with Crippen LogP contribution >= 0.6 is 0 Å². The van der Waals surface area contributed by atoms with Gasteiger partial charge in [0.05, 0.1) is 5.56 Å². The number of rotatable bonds is 3. The van der Waals surface area contributed by atoms with Gasteiger partial charge in [0.1, 0.15) is 11.6 Å². The van der Waals surface area contributed by atoms with E-state index in [-0.39, 0.29) is 11.6 Å². The summed E-state index contributed by atoms with van der Waals surface area (Å²) in [5.41, 5.74) is 2.55. The molecule has 1 N–H and O–H groups in total. The van der Waals surface area contributed by atoms with Crippen LogP contribution in [-0.4, -0.2) is 15.2 Å². The van der Waals surface area contributed by atoms with Gasteiger partial charge in [-0.3, -0.25) is 0 Å². The minimum atomic E-state index is -0.518. The van der Waals surface area contributed by atoms with Crippen LogP contribution in [0.15, 0.2) is 47.0 Å². The van der Waals surface area contributed by atoms with Crippen molar-refractivity contribution in [3.63, 3.8) is 0 Å². The fourth-order valence-corrected chi connectivity index (χ4v) is 2.13. The molecule has 3 rings (SSSR count). The standard InChI is InChI=1S/C16H13FN2O2/c1-10-3-2-4-11(7-10)8-15-18-16(21-19-15)13-6-5-12(17)9-14(13)20/h2-7,9,20H,8H2,1H3. The molecule has 21 heavy (non-hydrogen) atoms. The van der Waals surface area contributed by atoms with Crippen LogP contribution in [0.25, 0.3) is 11.5 Å². The van der Waals surface area contributed by atoms with Crippen LogP contribution in [0.3, 0.4) is 0 Å². The first-order valence-corrected chi connectivity index (χ1v) is 6.49. The lowest BCUT2D eigenvalue weighted by Crippen LogP contribution is -1.91. The third-order valence-corrected chi connectivity index (χ3v) is 3.10. The van der Waals surface area contributed by atoms with E-state index in [0.29, 0.717) is 17.8 Å². The normalized spacial score (nSPS) is 10.8. The number of phenols is 1. The second-order valence-electron chi connectivity index (χ2n) is 4.84. The number of halogens is 1. The number of benzene rings is 2. The molecular weight excluding hydrogens is 271 g/mol. The van der Waals surface area contributed by atoms with Gasteiger partial charge in [-0.1, -0.05) is 35.0 Å². The second-order valence-corrected chi connectivity index (χ2v) is 4.84. The Morgan fingerprint density at radius 1 is 1.19 bits per heavy atom. The molecule has 0 aliphatic carbocycles. The highest BCUT2D eigenvalue weighted by Crippen LogP contribution is 2.28. The van der Waals surface area contributed by atoms with E-state index in [9.17, 15) is 9.50 Å². The zero-order valence-corrected chi connectivity index (χ0v) is 11.4. The number of phenolic OH excluding ortho intramolecular Hbond substituents is 1. The summed E-state index contributed by atoms with van der Waals surface area (Å²) in [6, 6.07) is 11.7. The van der Waals surface area contributed by atoms with E-state index in [1.54, 1.807) is 0 Å². The lowest BCUT2D eigenvalue weighted by Gasteiger charge is -1.99. The van der Waals surface area contributed by atoms with E-state index in [4.69, 9.17) is 4.52 Å². The summed E-state index contributed by atoms with van der Waals surface area (Å²) in [5.74, 6) is -0.0500. The molecule has 5 heteroatoms. The molecule has 0 fully saturated rings. The molecule has 1 aromatic heterocycles. The number of hydrogen-bond acceptors (Lipinski definition) is 4. The minimum absolute atomic E-state index is 0.176. The molecule has 0 aliphatic heterocycles. The number of aryl methyl sites for hydroxylation is 1. The molecule has 3 aromatic rings. The third kappa shape index (κ3) is 2.91. The minimum Gasteiger partial charge on any atom is -0.507 e. The number of aromatic hydroxyl groups is 1. The maximum atomic E-state index is 13.0. The van der Waals surface area contributed by atoms with Crippen LogP contribution in [0, 0.1) is 12.7 Å². The Kier molecular flexibility index (Phi) is 3.39. The molecule has 2 aromatic carbocycles. The van der Waals surface area contributed by atoms with Crippen LogP contribution in [0.1, 0.15) is 17.0 Å². The molecule has 4 nitrogen and oxygen atoms in total. The van der Waals surface area contributed by atoms with Crippen LogP contribution in [0.2, 0.25) is 0 Å². The summed E-state index contributed by atoms with van der Waals surface area (Å²) in [6.07, 6.45) is 0.535. The largest absolute Gasteiger partial charge is 0.507 e. The van der Waals surface area contributed by atoms with Gasteiger partial charge in [0.15, 0.2) is 5.82 Å². The summed E-state index contributed by atoms with van der Waals surface area (Å²) in [6.45, 7) is 2.02. The van der Waals surface area contributed by atoms with E-state index in [1.807, 2.05) is 31.2 Å². The molecule has 1 heterocycles. The molecule has 106 valence electrons. The first-order chi connectivity index (χ1) is 10.1. The van der Waals surface area contributed by atoms with Crippen molar-refractivity contribution in [3.05, 3.63) is 65.2 Å². The monoisotopic (exact) mass is 284 g/mol. The molecule has 0 atom stereocenters. The first-order valence-electron chi connectivity index (χ1n) is 6.49. The Hall–Kier alpha value is -2.69. The summed E-state index contributed by atoms with van der Waals surface area (Å²) >= 11 is 0. The average Bonchev–Trinajstić information content (AvgIpc) is 2.87. The van der Waals surface area contributed by atoms with Crippen LogP contribution in [0.4, 0.5) is 4.39 Å². The van der Waals surface area contributed by atoms with E-state index in [2.05, 4.69) is 10.1 Å². The van der Waals surface area contributed by atoms with Crippen LogP contribution in [-0.2, 0) is 6.42 Å². The summed E-state index contributed by atoms with van der Waals surface area (Å²) in [7, 11) is 0. The van der Waals surface area contributed by atoms with Crippen molar-refractivity contribution in [2.75, 3.05) is 0 Å². The third-order valence-electron chi connectivity index (χ3n) is 3.10. The predicted molar refractivity (Wildman–Crippen MR) is 75.3 cm³/mol. The van der Waals surface area contributed by atoms with Crippen LogP contribution in [0.5, 0.6) is 5.75 Å². The van der Waals surface area contributed by atoms with Crippen molar-refractivity contribution < 1.29 is 14.0 Å². The highest BCUT2D eigenvalue weighted by atomic mass is 19.1. The van der Waals surface area contributed by atoms with Gasteiger partial charge in [0.2, 0.25) is 0 Å². The maximum absolute atomic E-state index is 13.0. The fraction of sp³-hybridized carbons (Fsp3) is 0.125. The lowest BCUT2D eigenvalue weighted by atomic mass is 10.1. The summed E-state index contributed by atoms with van der Waals surface area (Å²) in [4.78, 5) is 4.24. The number of nitrogens with zero attached hydrogens (tertiary/aromatic N) is 2. The molecule has 0 spiro atoms. The second kappa shape index (κ2) is 5.36. The molecular formula is C16H13FN2O2. The van der Waals surface area contributed by atoms with E-state index >= 15 is 0 Å². The predicted octanol–water partition coefficient (Wildman–Crippen LogP) is 3.48. The Balaban J connectivity index is 1.86. The number of aromatic nitrogens is 2. The Morgan fingerprint density at radius 3 is 2.81 bits per heavy atom. The zero-order chi connectivity index (χ0) is 14.8. The van der Waals surface area contributed by atoms with E-state index in [1.165, 1.54) is 12.1 Å². The van der Waals surface area contributed by atoms with Crippen molar-refractivity contribution >= 4 is 0 Å². The van der Waals surface area contributed by atoms with Crippen molar-refractivity contribution in [3.8, 4) is 17.2 Å². The summed E-state index contributed by atoms with van der Waals surface area (Å²) < 4.78 is 18.1. The van der Waals surface area contributed by atoms with Crippen molar-refractivity contribution in [2.45, 2.75) is 13.3 Å². The average molecular weight is 284 g/mol. The van der Waals surface area contributed by atoms with Gasteiger partial charge in [-0.2, -0.15) is 4.98 Å². The number of hydrogen-bond donors (Lipinski definition) is 1. The first kappa shape index (κ1) is 13.3. The Labute approximate surface area is 120 Å². The van der Waals surface area contributed by atoms with Gasteiger partial charge in [-0.05, 0) is 24.6 Å². The van der Waals surface area contributed by atoms with Crippen molar-refractivity contribution in [1.29, 1.82) is 0 Å². The molecule has 0 radical (unpaired) electrons. The molecule has 0 bridgehead atoms. The smallest absolute Gasteiger partial charge is 0.261 e. The molecule has 0 saturated heterocycles. The van der Waals surface area contributed by atoms with Crippen molar-refractivity contribution in [2.24, 2.45) is 0 Å². The topological polar surface area (TPSA) is 59.2 Å². The maximum Gasteiger partial charge on any atom is 0.261 e. The SMILES string of the molecule is Cc1cccc(Cc2noc(-c3ccc(F)cc3O)n2)c1. The fourth-order valence-electron chi connectivity index (χ4n) is 2.13. The molecule has 0 amide bonds. The van der Waals surface area contributed by atoms with E-state index < -0.39 is 5.82 Å². The van der Waals surface area contributed by atoms with Gasteiger partial charge >= 0.3 is 0 Å². The Bertz CT molecular complexity index is 783. The Morgan fingerprint density at radius 2 is 2.05 bits per heavy atom. The quantitative estimate of drug-likeness (QED) is 0.800. The lowest BCUT2D eigenvalue weighted by molar-refractivity contribution is 0.418. The van der Waals surface area contributed by atoms with Gasteiger partial charge in [-0.15, -0.1) is 0 Å². The zero-order valence-electron chi connectivity index (χ0n) is 11.4. The molecule has 0 saturated carbocycles. The molecule has 0 unspecified atom stereocenters. The van der Waals surface area contributed by atoms with Crippen LogP contribution < -0.4 is 0 Å². The van der Waals surface area contributed by atoms with Gasteiger partial charge in [0.25, 0.3) is 5.89 Å². The highest BCUT2D eigenvalue weighted by molar-refractivity contribution is 5.61. The summed E-state index contributed by atoms with van der Waals surface area (Å²) in [5, 5.41) is 13.6.